The van der Waals surface area contributed by atoms with Crippen LogP contribution in [0.5, 0.6) is 0 Å². The number of aromatic nitrogens is 2. The molecule has 0 aliphatic carbocycles. The van der Waals surface area contributed by atoms with Crippen LogP contribution in [0.1, 0.15) is 5.69 Å². The molecule has 0 unspecified atom stereocenters. The number of hydrogen-bond acceptors (Lipinski definition) is 5. The van der Waals surface area contributed by atoms with Gasteiger partial charge in [-0.05, 0) is 6.92 Å². The van der Waals surface area contributed by atoms with Gasteiger partial charge in [0.15, 0.2) is 11.6 Å². The fraction of sp³-hybridized carbons (Fsp3) is 0.333. The van der Waals surface area contributed by atoms with E-state index in [9.17, 15) is 14.0 Å². The van der Waals surface area contributed by atoms with Gasteiger partial charge in [-0.1, -0.05) is 0 Å². The van der Waals surface area contributed by atoms with Crippen molar-refractivity contribution in [2.75, 3.05) is 18.4 Å². The third-order valence-electron chi connectivity index (χ3n) is 1.82. The summed E-state index contributed by atoms with van der Waals surface area (Å²) in [5.74, 6) is -2.45. The summed E-state index contributed by atoms with van der Waals surface area (Å²) in [6.45, 7) is 0.721. The number of carbonyl (C=O) groups is 2. The van der Waals surface area contributed by atoms with Crippen molar-refractivity contribution in [3.8, 4) is 0 Å². The van der Waals surface area contributed by atoms with Crippen molar-refractivity contribution in [3.05, 3.63) is 17.8 Å². The van der Waals surface area contributed by atoms with Gasteiger partial charge in [0.25, 0.3) is 0 Å². The Balaban J connectivity index is 2.47. The number of halogens is 1. The standard InChI is InChI=1S/C9H11FN4O3/c1-5-8(10)9(14-4-13-5)12-2-6(15)11-3-7(16)17/h4H,2-3H2,1H3,(H,11,15)(H,16,17)(H,12,13,14). The van der Waals surface area contributed by atoms with Crippen LogP contribution in [0.3, 0.4) is 0 Å². The second-order valence-corrected chi connectivity index (χ2v) is 3.15. The van der Waals surface area contributed by atoms with E-state index in [1.54, 1.807) is 0 Å². The lowest BCUT2D eigenvalue weighted by atomic mass is 10.4. The van der Waals surface area contributed by atoms with Gasteiger partial charge in [-0.2, -0.15) is 0 Å². The van der Waals surface area contributed by atoms with E-state index >= 15 is 0 Å². The molecule has 8 heteroatoms. The van der Waals surface area contributed by atoms with E-state index in [1.807, 2.05) is 0 Å². The summed E-state index contributed by atoms with van der Waals surface area (Å²) in [6.07, 6.45) is 1.16. The van der Waals surface area contributed by atoms with Crippen molar-refractivity contribution in [1.82, 2.24) is 15.3 Å². The molecule has 1 amide bonds. The molecule has 0 aliphatic rings. The molecular formula is C9H11FN4O3. The summed E-state index contributed by atoms with van der Waals surface area (Å²) in [5, 5.41) is 12.9. The van der Waals surface area contributed by atoms with Crippen LogP contribution in [0, 0.1) is 12.7 Å². The van der Waals surface area contributed by atoms with Gasteiger partial charge in [-0.3, -0.25) is 9.59 Å². The molecule has 1 heterocycles. The number of carbonyl (C=O) groups excluding carboxylic acids is 1. The van der Waals surface area contributed by atoms with E-state index in [-0.39, 0.29) is 18.1 Å². The quantitative estimate of drug-likeness (QED) is 0.645. The Morgan fingerprint density at radius 1 is 1.41 bits per heavy atom. The molecule has 0 spiro atoms. The maximum atomic E-state index is 13.4. The second kappa shape index (κ2) is 5.73. The monoisotopic (exact) mass is 242 g/mol. The molecule has 17 heavy (non-hydrogen) atoms. The zero-order valence-electron chi connectivity index (χ0n) is 9.03. The highest BCUT2D eigenvalue weighted by Crippen LogP contribution is 2.10. The topological polar surface area (TPSA) is 104 Å². The van der Waals surface area contributed by atoms with Gasteiger partial charge in [-0.25, -0.2) is 14.4 Å². The van der Waals surface area contributed by atoms with Crippen LogP contribution in [-0.2, 0) is 9.59 Å². The fourth-order valence-electron chi connectivity index (χ4n) is 0.982. The smallest absolute Gasteiger partial charge is 0.322 e. The lowest BCUT2D eigenvalue weighted by Crippen LogP contribution is -2.34. The number of aliphatic carboxylic acids is 1. The zero-order chi connectivity index (χ0) is 12.8. The summed E-state index contributed by atoms with van der Waals surface area (Å²) in [5.41, 5.74) is 0.161. The second-order valence-electron chi connectivity index (χ2n) is 3.15. The normalized spacial score (nSPS) is 9.76. The largest absolute Gasteiger partial charge is 0.480 e. The minimum atomic E-state index is -1.15. The average molecular weight is 242 g/mol. The summed E-state index contributed by atoms with van der Waals surface area (Å²) in [4.78, 5) is 28.5. The highest BCUT2D eigenvalue weighted by atomic mass is 19.1. The van der Waals surface area contributed by atoms with E-state index in [0.29, 0.717) is 0 Å². The van der Waals surface area contributed by atoms with Gasteiger partial charge in [0, 0.05) is 0 Å². The molecule has 0 radical (unpaired) electrons. The molecule has 7 nitrogen and oxygen atoms in total. The molecule has 1 rings (SSSR count). The van der Waals surface area contributed by atoms with Crippen molar-refractivity contribution in [2.45, 2.75) is 6.92 Å². The molecule has 0 saturated heterocycles. The predicted octanol–water partition coefficient (Wildman–Crippen LogP) is -0.463. The molecule has 0 saturated carbocycles. The van der Waals surface area contributed by atoms with E-state index in [0.717, 1.165) is 6.33 Å². The molecule has 0 aliphatic heterocycles. The third kappa shape index (κ3) is 4.01. The van der Waals surface area contributed by atoms with Crippen molar-refractivity contribution >= 4 is 17.7 Å². The van der Waals surface area contributed by atoms with Gasteiger partial charge in [0.1, 0.15) is 12.9 Å². The first-order valence-corrected chi connectivity index (χ1v) is 4.70. The number of rotatable bonds is 5. The van der Waals surface area contributed by atoms with Crippen molar-refractivity contribution in [3.63, 3.8) is 0 Å². The van der Waals surface area contributed by atoms with Gasteiger partial charge in [-0.15, -0.1) is 0 Å². The van der Waals surface area contributed by atoms with E-state index < -0.39 is 24.2 Å². The third-order valence-corrected chi connectivity index (χ3v) is 1.82. The molecule has 0 aromatic carbocycles. The molecule has 0 fully saturated rings. The Kier molecular flexibility index (Phi) is 4.32. The number of carboxylic acid groups (broad SMARTS) is 1. The predicted molar refractivity (Wildman–Crippen MR) is 55.9 cm³/mol. The summed E-state index contributed by atoms with van der Waals surface area (Å²) in [6, 6.07) is 0. The van der Waals surface area contributed by atoms with Crippen molar-refractivity contribution in [2.24, 2.45) is 0 Å². The zero-order valence-corrected chi connectivity index (χ0v) is 9.03. The summed E-state index contributed by atoms with van der Waals surface area (Å²) < 4.78 is 13.4. The Bertz CT molecular complexity index is 438. The van der Waals surface area contributed by atoms with Crippen LogP contribution >= 0.6 is 0 Å². The summed E-state index contributed by atoms with van der Waals surface area (Å²) >= 11 is 0. The molecule has 92 valence electrons. The number of carboxylic acids is 1. The highest BCUT2D eigenvalue weighted by Gasteiger charge is 2.09. The van der Waals surface area contributed by atoms with Crippen molar-refractivity contribution in [1.29, 1.82) is 0 Å². The first-order valence-electron chi connectivity index (χ1n) is 4.70. The van der Waals surface area contributed by atoms with Crippen LogP contribution in [0.25, 0.3) is 0 Å². The number of amides is 1. The number of nitrogens with zero attached hydrogens (tertiary/aromatic N) is 2. The lowest BCUT2D eigenvalue weighted by Gasteiger charge is -2.06. The SMILES string of the molecule is Cc1ncnc(NCC(=O)NCC(=O)O)c1F. The number of nitrogens with one attached hydrogen (secondary N) is 2. The lowest BCUT2D eigenvalue weighted by molar-refractivity contribution is -0.137. The molecule has 1 aromatic rings. The van der Waals surface area contributed by atoms with Crippen LogP contribution < -0.4 is 10.6 Å². The fourth-order valence-corrected chi connectivity index (χ4v) is 0.982. The Hall–Kier alpha value is -2.25. The number of hydrogen-bond donors (Lipinski definition) is 3. The first-order chi connectivity index (χ1) is 8.00. The van der Waals surface area contributed by atoms with Crippen LogP contribution in [-0.4, -0.2) is 40.0 Å². The van der Waals surface area contributed by atoms with Crippen LogP contribution in [0.4, 0.5) is 10.2 Å². The Morgan fingerprint density at radius 3 is 2.76 bits per heavy atom. The van der Waals surface area contributed by atoms with Gasteiger partial charge < -0.3 is 15.7 Å². The number of aryl methyl sites for hydroxylation is 1. The van der Waals surface area contributed by atoms with E-state index in [4.69, 9.17) is 5.11 Å². The molecule has 1 aromatic heterocycles. The summed E-state index contributed by atoms with van der Waals surface area (Å²) in [7, 11) is 0. The number of anilines is 1. The van der Waals surface area contributed by atoms with Crippen LogP contribution in [0.15, 0.2) is 6.33 Å². The molecule has 0 atom stereocenters. The maximum absolute atomic E-state index is 13.4. The van der Waals surface area contributed by atoms with Crippen molar-refractivity contribution < 1.29 is 19.1 Å². The maximum Gasteiger partial charge on any atom is 0.322 e. The van der Waals surface area contributed by atoms with E-state index in [1.165, 1.54) is 6.92 Å². The Labute approximate surface area is 96.1 Å². The van der Waals surface area contributed by atoms with E-state index in [2.05, 4.69) is 20.6 Å². The Morgan fingerprint density at radius 2 is 2.12 bits per heavy atom. The molecule has 0 bridgehead atoms. The minimum absolute atomic E-state index is 0.0945. The van der Waals surface area contributed by atoms with Gasteiger partial charge >= 0.3 is 5.97 Å². The molecular weight excluding hydrogens is 231 g/mol. The average Bonchev–Trinajstić information content (AvgIpc) is 2.28. The van der Waals surface area contributed by atoms with Crippen LogP contribution in [0.2, 0.25) is 0 Å². The first kappa shape index (κ1) is 12.8. The minimum Gasteiger partial charge on any atom is -0.480 e. The van der Waals surface area contributed by atoms with Gasteiger partial charge in [0.2, 0.25) is 5.91 Å². The van der Waals surface area contributed by atoms with Gasteiger partial charge in [0.05, 0.1) is 12.2 Å². The highest BCUT2D eigenvalue weighted by molar-refractivity contribution is 5.84. The molecule has 3 N–H and O–H groups in total.